The summed E-state index contributed by atoms with van der Waals surface area (Å²) in [4.78, 5) is 22.6. The van der Waals surface area contributed by atoms with Crippen molar-refractivity contribution < 1.29 is 9.53 Å². The molecule has 0 bridgehead atoms. The molecular formula is C16H17N3O2. The molecule has 1 aliphatic rings. The van der Waals surface area contributed by atoms with Gasteiger partial charge in [-0.2, -0.15) is 0 Å². The third-order valence-corrected chi connectivity index (χ3v) is 3.70. The third kappa shape index (κ3) is 2.59. The third-order valence-electron chi connectivity index (χ3n) is 3.70. The Morgan fingerprint density at radius 2 is 2.19 bits per heavy atom. The van der Waals surface area contributed by atoms with Crippen molar-refractivity contribution in [3.8, 4) is 5.75 Å². The van der Waals surface area contributed by atoms with Gasteiger partial charge in [0.25, 0.3) is 5.91 Å². The number of hydrogen-bond acceptors (Lipinski definition) is 4. The van der Waals surface area contributed by atoms with Crippen LogP contribution in [0, 0.1) is 0 Å². The molecule has 0 unspecified atom stereocenters. The van der Waals surface area contributed by atoms with E-state index in [1.807, 2.05) is 18.2 Å². The van der Waals surface area contributed by atoms with Crippen LogP contribution in [0.15, 0.2) is 36.8 Å². The highest BCUT2D eigenvalue weighted by Crippen LogP contribution is 2.33. The topological polar surface area (TPSA) is 55.3 Å². The van der Waals surface area contributed by atoms with Crippen molar-refractivity contribution >= 4 is 11.6 Å². The molecule has 0 aliphatic carbocycles. The fraction of sp³-hybridized carbons (Fsp3) is 0.312. The second-order valence-electron chi connectivity index (χ2n) is 4.96. The fourth-order valence-electron chi connectivity index (χ4n) is 2.70. The Labute approximate surface area is 123 Å². The lowest BCUT2D eigenvalue weighted by Crippen LogP contribution is -2.32. The summed E-state index contributed by atoms with van der Waals surface area (Å²) >= 11 is 0. The Morgan fingerprint density at radius 1 is 1.29 bits per heavy atom. The SMILES string of the molecule is COc1cccc2c1CCCCN2C(=O)c1cnccn1. The van der Waals surface area contributed by atoms with E-state index in [-0.39, 0.29) is 5.91 Å². The summed E-state index contributed by atoms with van der Waals surface area (Å²) in [6.45, 7) is 0.690. The van der Waals surface area contributed by atoms with Crippen LogP contribution < -0.4 is 9.64 Å². The molecule has 1 amide bonds. The van der Waals surface area contributed by atoms with E-state index < -0.39 is 0 Å². The molecule has 3 rings (SSSR count). The number of benzene rings is 1. The van der Waals surface area contributed by atoms with Gasteiger partial charge >= 0.3 is 0 Å². The van der Waals surface area contributed by atoms with Gasteiger partial charge in [-0.05, 0) is 31.4 Å². The molecule has 0 atom stereocenters. The standard InChI is InChI=1S/C16H17N3O2/c1-21-15-7-4-6-14-12(15)5-2-3-10-19(14)16(20)13-11-17-8-9-18-13/h4,6-9,11H,2-3,5,10H2,1H3. The van der Waals surface area contributed by atoms with E-state index in [2.05, 4.69) is 9.97 Å². The van der Waals surface area contributed by atoms with Crippen LogP contribution in [-0.2, 0) is 6.42 Å². The number of anilines is 1. The average Bonchev–Trinajstić information content (AvgIpc) is 2.77. The maximum Gasteiger partial charge on any atom is 0.278 e. The van der Waals surface area contributed by atoms with Crippen LogP contribution in [0.25, 0.3) is 0 Å². The summed E-state index contributed by atoms with van der Waals surface area (Å²) < 4.78 is 5.44. The summed E-state index contributed by atoms with van der Waals surface area (Å²) in [5.41, 5.74) is 2.38. The van der Waals surface area contributed by atoms with Crippen molar-refractivity contribution in [3.63, 3.8) is 0 Å². The zero-order valence-electron chi connectivity index (χ0n) is 12.0. The molecule has 0 N–H and O–H groups in total. The molecule has 0 radical (unpaired) electrons. The van der Waals surface area contributed by atoms with Gasteiger partial charge in [0, 0.05) is 24.5 Å². The molecule has 0 saturated carbocycles. The number of ether oxygens (including phenoxy) is 1. The lowest BCUT2D eigenvalue weighted by molar-refractivity contribution is 0.0982. The molecule has 5 nitrogen and oxygen atoms in total. The summed E-state index contributed by atoms with van der Waals surface area (Å²) in [5, 5.41) is 0. The first kappa shape index (κ1) is 13.5. The van der Waals surface area contributed by atoms with Crippen molar-refractivity contribution in [1.29, 1.82) is 0 Å². The first-order valence-corrected chi connectivity index (χ1v) is 7.05. The lowest BCUT2D eigenvalue weighted by Gasteiger charge is -2.23. The Hall–Kier alpha value is -2.43. The van der Waals surface area contributed by atoms with E-state index in [0.29, 0.717) is 12.2 Å². The summed E-state index contributed by atoms with van der Waals surface area (Å²) in [5.74, 6) is 0.728. The lowest BCUT2D eigenvalue weighted by atomic mass is 10.1. The average molecular weight is 283 g/mol. The molecule has 5 heteroatoms. The molecule has 1 aromatic carbocycles. The highest BCUT2D eigenvalue weighted by atomic mass is 16.5. The summed E-state index contributed by atoms with van der Waals surface area (Å²) in [6, 6.07) is 5.83. The van der Waals surface area contributed by atoms with Crippen molar-refractivity contribution in [3.05, 3.63) is 48.0 Å². The van der Waals surface area contributed by atoms with Crippen LogP contribution >= 0.6 is 0 Å². The van der Waals surface area contributed by atoms with E-state index >= 15 is 0 Å². The van der Waals surface area contributed by atoms with Crippen LogP contribution in [0.3, 0.4) is 0 Å². The highest BCUT2D eigenvalue weighted by molar-refractivity contribution is 6.05. The van der Waals surface area contributed by atoms with Gasteiger partial charge in [-0.25, -0.2) is 4.98 Å². The van der Waals surface area contributed by atoms with Gasteiger partial charge in [-0.3, -0.25) is 9.78 Å². The van der Waals surface area contributed by atoms with E-state index in [1.165, 1.54) is 12.4 Å². The molecule has 2 aromatic rings. The largest absolute Gasteiger partial charge is 0.496 e. The minimum absolute atomic E-state index is 0.112. The molecule has 0 spiro atoms. The Kier molecular flexibility index (Phi) is 3.81. The van der Waals surface area contributed by atoms with Gasteiger partial charge in [0.15, 0.2) is 0 Å². The zero-order valence-corrected chi connectivity index (χ0v) is 12.0. The summed E-state index contributed by atoms with van der Waals surface area (Å²) in [7, 11) is 1.66. The summed E-state index contributed by atoms with van der Waals surface area (Å²) in [6.07, 6.45) is 7.53. The van der Waals surface area contributed by atoms with Gasteiger partial charge in [-0.15, -0.1) is 0 Å². The van der Waals surface area contributed by atoms with Gasteiger partial charge in [0.1, 0.15) is 11.4 Å². The number of aromatic nitrogens is 2. The minimum atomic E-state index is -0.112. The number of carbonyl (C=O) groups excluding carboxylic acids is 1. The highest BCUT2D eigenvalue weighted by Gasteiger charge is 2.24. The van der Waals surface area contributed by atoms with Crippen molar-refractivity contribution in [2.75, 3.05) is 18.6 Å². The minimum Gasteiger partial charge on any atom is -0.496 e. The normalized spacial score (nSPS) is 14.2. The predicted octanol–water partition coefficient (Wildman–Crippen LogP) is 2.47. The molecule has 1 aliphatic heterocycles. The van der Waals surface area contributed by atoms with Crippen LogP contribution in [-0.4, -0.2) is 29.5 Å². The molecule has 0 saturated heterocycles. The van der Waals surface area contributed by atoms with Gasteiger partial charge in [-0.1, -0.05) is 6.07 Å². The van der Waals surface area contributed by atoms with E-state index in [1.54, 1.807) is 18.2 Å². The first-order valence-electron chi connectivity index (χ1n) is 7.05. The maximum absolute atomic E-state index is 12.7. The van der Waals surface area contributed by atoms with E-state index in [0.717, 1.165) is 36.3 Å². The second kappa shape index (κ2) is 5.91. The van der Waals surface area contributed by atoms with Crippen LogP contribution in [0.4, 0.5) is 5.69 Å². The molecular weight excluding hydrogens is 266 g/mol. The number of nitrogens with zero attached hydrogens (tertiary/aromatic N) is 3. The van der Waals surface area contributed by atoms with Crippen LogP contribution in [0.1, 0.15) is 28.9 Å². The molecule has 0 fully saturated rings. The van der Waals surface area contributed by atoms with Gasteiger partial charge < -0.3 is 9.64 Å². The van der Waals surface area contributed by atoms with E-state index in [9.17, 15) is 4.79 Å². The monoisotopic (exact) mass is 283 g/mol. The maximum atomic E-state index is 12.7. The van der Waals surface area contributed by atoms with Crippen molar-refractivity contribution in [1.82, 2.24) is 9.97 Å². The Morgan fingerprint density at radius 3 is 2.95 bits per heavy atom. The zero-order chi connectivity index (χ0) is 14.7. The van der Waals surface area contributed by atoms with Crippen LogP contribution in [0.5, 0.6) is 5.75 Å². The number of hydrogen-bond donors (Lipinski definition) is 0. The molecule has 1 aromatic heterocycles. The molecule has 21 heavy (non-hydrogen) atoms. The fourth-order valence-corrected chi connectivity index (χ4v) is 2.70. The number of methoxy groups -OCH3 is 1. The number of rotatable bonds is 2. The first-order chi connectivity index (χ1) is 10.3. The number of carbonyl (C=O) groups is 1. The predicted molar refractivity (Wildman–Crippen MR) is 79.6 cm³/mol. The number of fused-ring (bicyclic) bond motifs is 1. The van der Waals surface area contributed by atoms with Crippen molar-refractivity contribution in [2.45, 2.75) is 19.3 Å². The van der Waals surface area contributed by atoms with Crippen LogP contribution in [0.2, 0.25) is 0 Å². The van der Waals surface area contributed by atoms with E-state index in [4.69, 9.17) is 4.74 Å². The molecule has 108 valence electrons. The van der Waals surface area contributed by atoms with Crippen molar-refractivity contribution in [2.24, 2.45) is 0 Å². The Bertz CT molecular complexity index is 643. The Balaban J connectivity index is 2.03. The molecule has 2 heterocycles. The number of amides is 1. The quantitative estimate of drug-likeness (QED) is 0.849. The van der Waals surface area contributed by atoms with Gasteiger partial charge in [0.05, 0.1) is 19.0 Å². The van der Waals surface area contributed by atoms with Gasteiger partial charge in [0.2, 0.25) is 0 Å². The smallest absolute Gasteiger partial charge is 0.278 e. The second-order valence-corrected chi connectivity index (χ2v) is 4.96.